The molecule has 0 heterocycles. The summed E-state index contributed by atoms with van der Waals surface area (Å²) in [5, 5.41) is 0. The average molecular weight is 781 g/mol. The van der Waals surface area contributed by atoms with Crippen molar-refractivity contribution in [3.05, 3.63) is 109 Å². The molecule has 0 aromatic carbocycles. The molecule has 0 nitrogen and oxygen atoms in total. The first-order valence-electron chi connectivity index (χ1n) is 18.5. The van der Waals surface area contributed by atoms with Crippen LogP contribution in [0.15, 0.2) is 48.6 Å². The zero-order valence-corrected chi connectivity index (χ0v) is 36.3. The Kier molecular flexibility index (Phi) is 11.8. The van der Waals surface area contributed by atoms with Gasteiger partial charge in [0.2, 0.25) is 0 Å². The molecule has 0 aromatic heterocycles. The maximum absolute atomic E-state index is 4.93. The normalized spacial score (nSPS) is 35.9. The molecule has 10 radical (unpaired) electrons. The van der Waals surface area contributed by atoms with Crippen LogP contribution in [0.3, 0.4) is 0 Å². The van der Waals surface area contributed by atoms with E-state index in [0.29, 0.717) is 10.8 Å². The molecule has 5 heteroatoms. The van der Waals surface area contributed by atoms with E-state index in [1.165, 1.54) is 74.3 Å². The van der Waals surface area contributed by atoms with Crippen LogP contribution in [-0.2, 0) is 20.8 Å². The number of hydrogen-bond acceptors (Lipinski definition) is 0. The summed E-state index contributed by atoms with van der Waals surface area (Å²) >= 11 is -0.826. The van der Waals surface area contributed by atoms with E-state index in [2.05, 4.69) is 128 Å². The van der Waals surface area contributed by atoms with Crippen molar-refractivity contribution in [1.29, 1.82) is 0 Å². The van der Waals surface area contributed by atoms with Gasteiger partial charge in [0.1, 0.15) is 0 Å². The Morgan fingerprint density at radius 1 is 0.596 bits per heavy atom. The van der Waals surface area contributed by atoms with Crippen molar-refractivity contribution in [2.24, 2.45) is 46.3 Å². The predicted octanol–water partition coefficient (Wildman–Crippen LogP) is 12.5. The van der Waals surface area contributed by atoms with Gasteiger partial charge in [0, 0.05) is 23.7 Å². The molecule has 0 aliphatic heterocycles. The molecular weight excluding hydrogens is 723 g/mol. The first-order valence-corrected chi connectivity index (χ1v) is 31.2. The van der Waals surface area contributed by atoms with E-state index in [-0.39, 0.29) is 0 Å². The summed E-state index contributed by atoms with van der Waals surface area (Å²) in [5.74, 6) is 11.9. The van der Waals surface area contributed by atoms with Crippen LogP contribution in [0.2, 0.25) is 38.3 Å². The fourth-order valence-electron chi connectivity index (χ4n) is 11.4. The van der Waals surface area contributed by atoms with Crippen molar-refractivity contribution in [3.8, 4) is 0 Å². The summed E-state index contributed by atoms with van der Waals surface area (Å²) in [5.41, 5.74) is 4.65. The van der Waals surface area contributed by atoms with E-state index in [0.717, 1.165) is 35.5 Å². The van der Waals surface area contributed by atoms with Gasteiger partial charge in [-0.2, -0.15) is 0 Å². The Morgan fingerprint density at radius 3 is 1.30 bits per heavy atom. The van der Waals surface area contributed by atoms with Crippen LogP contribution in [0.4, 0.5) is 0 Å². The first-order chi connectivity index (χ1) is 22.2. The molecular formula is C42H58Cl2Si2Zr+2. The summed E-state index contributed by atoms with van der Waals surface area (Å²) < 4.78 is 0. The number of fused-ring (bicyclic) bond motifs is 6. The van der Waals surface area contributed by atoms with Crippen molar-refractivity contribution in [2.75, 3.05) is 0 Å². The molecule has 10 aliphatic carbocycles. The van der Waals surface area contributed by atoms with E-state index in [4.69, 9.17) is 17.0 Å². The SMILES string of the molecule is CC1(C)[C@H]2CC[C@H](C[Si](C)(C)[C]3[CH][CH][C]4C=CC=C[C]43)[C@@H]1C2.CC1(C)[C@H]2CC[C@H](C[Si](C)(C)[C]3[CH][CH][C]4C=CC=C[C]43)[C@@H]1C2.[Cl][Zr+2][Cl]. The van der Waals surface area contributed by atoms with Gasteiger partial charge < -0.3 is 0 Å². The van der Waals surface area contributed by atoms with Crippen molar-refractivity contribution in [3.63, 3.8) is 0 Å². The second kappa shape index (κ2) is 14.7. The van der Waals surface area contributed by atoms with Crippen LogP contribution < -0.4 is 0 Å². The van der Waals surface area contributed by atoms with E-state index in [1.54, 1.807) is 11.1 Å². The predicted molar refractivity (Wildman–Crippen MR) is 206 cm³/mol. The molecule has 0 aromatic rings. The topological polar surface area (TPSA) is 0 Å². The Morgan fingerprint density at radius 2 is 0.957 bits per heavy atom. The quantitative estimate of drug-likeness (QED) is 0.236. The third-order valence-corrected chi connectivity index (χ3v) is 21.2. The van der Waals surface area contributed by atoms with Crippen molar-refractivity contribution < 1.29 is 20.8 Å². The second-order valence-electron chi connectivity index (χ2n) is 18.3. The summed E-state index contributed by atoms with van der Waals surface area (Å²) in [4.78, 5) is 0. The monoisotopic (exact) mass is 778 g/mol. The Labute approximate surface area is 311 Å². The third kappa shape index (κ3) is 7.40. The van der Waals surface area contributed by atoms with Gasteiger partial charge in [0.15, 0.2) is 0 Å². The van der Waals surface area contributed by atoms with Gasteiger partial charge in [-0.3, -0.25) is 0 Å². The molecule has 0 saturated heterocycles. The molecule has 47 heavy (non-hydrogen) atoms. The molecule has 8 saturated carbocycles. The van der Waals surface area contributed by atoms with Crippen LogP contribution in [0.25, 0.3) is 0 Å². The Hall–Kier alpha value is 0.857. The molecule has 0 N–H and O–H groups in total. The van der Waals surface area contributed by atoms with Crippen molar-refractivity contribution in [1.82, 2.24) is 0 Å². The molecule has 250 valence electrons. The van der Waals surface area contributed by atoms with E-state index < -0.39 is 37.0 Å². The van der Waals surface area contributed by atoms with Gasteiger partial charge in [-0.15, -0.1) is 0 Å². The molecule has 8 fully saturated rings. The van der Waals surface area contributed by atoms with Crippen LogP contribution in [0.1, 0.15) is 66.2 Å². The zero-order valence-electron chi connectivity index (χ0n) is 30.3. The standard InChI is InChI=1S/2C21H29Si.2ClH.Zr/c2*1-21(2)17-11-9-16(19(21)13-17)14-22(3,4)20-12-10-15-7-5-6-8-18(15)20;;;/h2*5-8,10,12,16-17,19H,9,11,13-14H2,1-4H3;2*1H;/q;;;;+4/p-2/t2*16-,17+,19+;;;/m11.../s1. The maximum atomic E-state index is 4.93. The molecule has 6 atom stereocenters. The van der Waals surface area contributed by atoms with E-state index >= 15 is 0 Å². The van der Waals surface area contributed by atoms with Gasteiger partial charge >= 0.3 is 37.9 Å². The zero-order chi connectivity index (χ0) is 33.8. The second-order valence-corrected chi connectivity index (χ2v) is 31.5. The van der Waals surface area contributed by atoms with Crippen molar-refractivity contribution in [2.45, 2.75) is 104 Å². The molecule has 10 rings (SSSR count). The van der Waals surface area contributed by atoms with Gasteiger partial charge in [-0.1, -0.05) is 127 Å². The minimum atomic E-state index is -1.36. The van der Waals surface area contributed by atoms with Crippen LogP contribution in [-0.4, -0.2) is 16.1 Å². The molecule has 0 spiro atoms. The Bertz CT molecular complexity index is 1120. The summed E-state index contributed by atoms with van der Waals surface area (Å²) in [6, 6.07) is 2.98. The van der Waals surface area contributed by atoms with Crippen LogP contribution in [0.5, 0.6) is 0 Å². The molecule has 0 unspecified atom stereocenters. The Balaban J connectivity index is 0.000000152. The van der Waals surface area contributed by atoms with Crippen LogP contribution in [0, 0.1) is 107 Å². The fraction of sp³-hybridized carbons (Fsp3) is 0.571. The van der Waals surface area contributed by atoms with Crippen molar-refractivity contribution >= 4 is 33.2 Å². The van der Waals surface area contributed by atoms with Gasteiger partial charge in [-0.25, -0.2) is 0 Å². The third-order valence-electron chi connectivity index (χ3n) is 14.4. The fourth-order valence-corrected chi connectivity index (χ4v) is 18.4. The number of rotatable bonds is 6. The molecule has 4 bridgehead atoms. The average Bonchev–Trinajstić information content (AvgIpc) is 3.67. The minimum absolute atomic E-state index is 0.626. The van der Waals surface area contributed by atoms with Gasteiger partial charge in [0.25, 0.3) is 0 Å². The number of hydrogen-bond donors (Lipinski definition) is 0. The van der Waals surface area contributed by atoms with E-state index in [1.807, 2.05) is 0 Å². The molecule has 10 aliphatic rings. The molecule has 0 amide bonds. The number of halogens is 2. The van der Waals surface area contributed by atoms with Crippen LogP contribution >= 0.6 is 17.0 Å². The first kappa shape index (κ1) is 37.6. The number of allylic oxidation sites excluding steroid dienone is 8. The summed E-state index contributed by atoms with van der Waals surface area (Å²) in [6.07, 6.45) is 36.5. The van der Waals surface area contributed by atoms with E-state index in [9.17, 15) is 0 Å². The summed E-state index contributed by atoms with van der Waals surface area (Å²) in [7, 11) is 7.15. The van der Waals surface area contributed by atoms with Gasteiger partial charge in [-0.05, 0) is 109 Å². The van der Waals surface area contributed by atoms with Gasteiger partial charge in [0.05, 0.1) is 16.1 Å². The summed E-state index contributed by atoms with van der Waals surface area (Å²) in [6.45, 7) is 20.5.